The van der Waals surface area contributed by atoms with E-state index < -0.39 is 5.97 Å². The fourth-order valence-corrected chi connectivity index (χ4v) is 1.98. The minimum atomic E-state index is -0.485. The number of ether oxygens (including phenoxy) is 2. The van der Waals surface area contributed by atoms with Gasteiger partial charge in [0.25, 0.3) is 0 Å². The molecule has 1 heterocycles. The molecule has 2 rings (SSSR count). The molecule has 0 atom stereocenters. The predicted molar refractivity (Wildman–Crippen MR) is 80.2 cm³/mol. The van der Waals surface area contributed by atoms with Crippen LogP contribution < -0.4 is 4.74 Å². The molecule has 0 fully saturated rings. The van der Waals surface area contributed by atoms with Crippen LogP contribution >= 0.6 is 0 Å². The van der Waals surface area contributed by atoms with Gasteiger partial charge >= 0.3 is 5.97 Å². The van der Waals surface area contributed by atoms with Crippen molar-refractivity contribution in [2.24, 2.45) is 0 Å². The van der Waals surface area contributed by atoms with Gasteiger partial charge in [0.05, 0.1) is 13.7 Å². The van der Waals surface area contributed by atoms with Crippen LogP contribution in [0.25, 0.3) is 0 Å². The number of aromatic nitrogens is 2. The summed E-state index contributed by atoms with van der Waals surface area (Å²) < 4.78 is 11.5. The van der Waals surface area contributed by atoms with Gasteiger partial charge in [-0.15, -0.1) is 0 Å². The number of carbonyl (C=O) groups excluding carboxylic acids is 2. The highest BCUT2D eigenvalue weighted by molar-refractivity contribution is 5.96. The quantitative estimate of drug-likeness (QED) is 0.604. The molecule has 116 valence electrons. The summed E-state index contributed by atoms with van der Waals surface area (Å²) >= 11 is 0. The summed E-state index contributed by atoms with van der Waals surface area (Å²) in [6.07, 6.45) is 0. The van der Waals surface area contributed by atoms with Gasteiger partial charge in [-0.2, -0.15) is 5.10 Å². The van der Waals surface area contributed by atoms with Crippen molar-refractivity contribution < 1.29 is 19.1 Å². The van der Waals surface area contributed by atoms with Crippen LogP contribution in [0, 0.1) is 6.92 Å². The molecular weight excluding hydrogens is 284 g/mol. The topological polar surface area (TPSA) is 70.4 Å². The van der Waals surface area contributed by atoms with Crippen LogP contribution in [0.3, 0.4) is 0 Å². The molecule has 6 heteroatoms. The fraction of sp³-hybridized carbons (Fsp3) is 0.312. The molecule has 0 amide bonds. The van der Waals surface area contributed by atoms with Crippen LogP contribution in [0.2, 0.25) is 0 Å². The maximum atomic E-state index is 12.3. The zero-order valence-electron chi connectivity index (χ0n) is 12.8. The molecule has 0 saturated carbocycles. The third-order valence-electron chi connectivity index (χ3n) is 3.17. The van der Waals surface area contributed by atoms with E-state index >= 15 is 0 Å². The zero-order valence-corrected chi connectivity index (χ0v) is 12.8. The Bertz CT molecular complexity index is 674. The van der Waals surface area contributed by atoms with E-state index in [-0.39, 0.29) is 24.6 Å². The second-order valence-electron chi connectivity index (χ2n) is 4.70. The Kier molecular flexibility index (Phi) is 4.93. The molecule has 1 aromatic heterocycles. The molecule has 0 aliphatic heterocycles. The number of rotatable bonds is 6. The van der Waals surface area contributed by atoms with Crippen molar-refractivity contribution in [2.45, 2.75) is 20.4 Å². The first-order valence-electron chi connectivity index (χ1n) is 6.94. The van der Waals surface area contributed by atoms with E-state index in [2.05, 4.69) is 5.10 Å². The Balaban J connectivity index is 2.12. The molecule has 6 nitrogen and oxygen atoms in total. The number of benzene rings is 1. The normalized spacial score (nSPS) is 10.3. The summed E-state index contributed by atoms with van der Waals surface area (Å²) in [6.45, 7) is 3.87. The largest absolute Gasteiger partial charge is 0.497 e. The van der Waals surface area contributed by atoms with Gasteiger partial charge in [0.15, 0.2) is 11.5 Å². The third kappa shape index (κ3) is 3.52. The molecule has 2 aromatic rings. The van der Waals surface area contributed by atoms with Gasteiger partial charge in [0, 0.05) is 11.3 Å². The Labute approximate surface area is 128 Å². The van der Waals surface area contributed by atoms with Crippen molar-refractivity contribution in [2.75, 3.05) is 13.7 Å². The molecule has 0 unspecified atom stereocenters. The summed E-state index contributed by atoms with van der Waals surface area (Å²) in [5.41, 5.74) is 1.50. The average Bonchev–Trinajstić information content (AvgIpc) is 2.89. The lowest BCUT2D eigenvalue weighted by molar-refractivity contribution is 0.0517. The van der Waals surface area contributed by atoms with Crippen molar-refractivity contribution in [1.29, 1.82) is 0 Å². The summed E-state index contributed by atoms with van der Waals surface area (Å²) in [7, 11) is 1.57. The number of hydrogen-bond donors (Lipinski definition) is 0. The van der Waals surface area contributed by atoms with E-state index in [1.54, 1.807) is 51.3 Å². The molecule has 0 aliphatic carbocycles. The number of methoxy groups -OCH3 is 1. The van der Waals surface area contributed by atoms with Gasteiger partial charge in [0.1, 0.15) is 12.3 Å². The number of nitrogens with zero attached hydrogens (tertiary/aromatic N) is 2. The second kappa shape index (κ2) is 6.89. The van der Waals surface area contributed by atoms with Crippen LogP contribution in [0.4, 0.5) is 0 Å². The summed E-state index contributed by atoms with van der Waals surface area (Å²) in [4.78, 5) is 23.9. The van der Waals surface area contributed by atoms with Crippen molar-refractivity contribution in [3.05, 3.63) is 47.3 Å². The molecular formula is C16H18N2O4. The van der Waals surface area contributed by atoms with Crippen LogP contribution in [0.15, 0.2) is 30.3 Å². The first-order chi connectivity index (χ1) is 10.5. The molecule has 0 N–H and O–H groups in total. The summed E-state index contributed by atoms with van der Waals surface area (Å²) in [6, 6.07) is 8.47. The van der Waals surface area contributed by atoms with Gasteiger partial charge in [-0.25, -0.2) is 4.79 Å². The van der Waals surface area contributed by atoms with E-state index in [9.17, 15) is 9.59 Å². The lowest BCUT2D eigenvalue weighted by atomic mass is 10.1. The number of hydrogen-bond acceptors (Lipinski definition) is 5. The molecule has 0 aliphatic rings. The maximum absolute atomic E-state index is 12.3. The van der Waals surface area contributed by atoms with Crippen molar-refractivity contribution in [3.8, 4) is 5.75 Å². The SMILES string of the molecule is CCOC(=O)c1cc(C)n(CC(=O)c2ccc(OC)cc2)n1. The Morgan fingerprint density at radius 2 is 1.91 bits per heavy atom. The molecule has 0 spiro atoms. The standard InChI is InChI=1S/C16H18N2O4/c1-4-22-16(20)14-9-11(2)18(17-14)10-15(19)12-5-7-13(21-3)8-6-12/h5-9H,4,10H2,1-3H3. The Morgan fingerprint density at radius 3 is 2.50 bits per heavy atom. The van der Waals surface area contributed by atoms with E-state index in [1.165, 1.54) is 4.68 Å². The predicted octanol–water partition coefficient (Wildman–Crippen LogP) is 2.26. The number of esters is 1. The van der Waals surface area contributed by atoms with Gasteiger partial charge in [-0.1, -0.05) is 0 Å². The van der Waals surface area contributed by atoms with E-state index in [1.807, 2.05) is 0 Å². The van der Waals surface area contributed by atoms with Gasteiger partial charge in [-0.05, 0) is 44.2 Å². The van der Waals surface area contributed by atoms with Gasteiger partial charge in [-0.3, -0.25) is 9.48 Å². The first-order valence-corrected chi connectivity index (χ1v) is 6.94. The van der Waals surface area contributed by atoms with Crippen LogP contribution in [-0.4, -0.2) is 35.2 Å². The minimum absolute atomic E-state index is 0.0670. The van der Waals surface area contributed by atoms with Gasteiger partial charge in [0.2, 0.25) is 0 Å². The lowest BCUT2D eigenvalue weighted by Gasteiger charge is -2.05. The Morgan fingerprint density at radius 1 is 1.23 bits per heavy atom. The number of aryl methyl sites for hydroxylation is 1. The lowest BCUT2D eigenvalue weighted by Crippen LogP contribution is -2.14. The number of Topliss-reactive ketones (excluding diaryl/α,β-unsaturated/α-hetero) is 1. The molecule has 22 heavy (non-hydrogen) atoms. The third-order valence-corrected chi connectivity index (χ3v) is 3.17. The number of ketones is 1. The average molecular weight is 302 g/mol. The highest BCUT2D eigenvalue weighted by atomic mass is 16.5. The molecule has 0 bridgehead atoms. The zero-order chi connectivity index (χ0) is 16.1. The highest BCUT2D eigenvalue weighted by Gasteiger charge is 2.15. The van der Waals surface area contributed by atoms with E-state index in [0.29, 0.717) is 11.3 Å². The van der Waals surface area contributed by atoms with Crippen LogP contribution in [0.5, 0.6) is 5.75 Å². The molecule has 1 aromatic carbocycles. The smallest absolute Gasteiger partial charge is 0.358 e. The molecule has 0 saturated heterocycles. The van der Waals surface area contributed by atoms with E-state index in [0.717, 1.165) is 5.69 Å². The van der Waals surface area contributed by atoms with E-state index in [4.69, 9.17) is 9.47 Å². The van der Waals surface area contributed by atoms with Crippen molar-refractivity contribution in [1.82, 2.24) is 9.78 Å². The maximum Gasteiger partial charge on any atom is 0.358 e. The van der Waals surface area contributed by atoms with Crippen molar-refractivity contribution >= 4 is 11.8 Å². The monoisotopic (exact) mass is 302 g/mol. The molecule has 0 radical (unpaired) electrons. The number of carbonyl (C=O) groups is 2. The highest BCUT2D eigenvalue weighted by Crippen LogP contribution is 2.13. The van der Waals surface area contributed by atoms with Crippen LogP contribution in [0.1, 0.15) is 33.5 Å². The fourth-order valence-electron chi connectivity index (χ4n) is 1.98. The Hall–Kier alpha value is -2.63. The summed E-state index contributed by atoms with van der Waals surface area (Å²) in [5.74, 6) is 0.113. The minimum Gasteiger partial charge on any atom is -0.497 e. The van der Waals surface area contributed by atoms with Gasteiger partial charge < -0.3 is 9.47 Å². The first kappa shape index (κ1) is 15.8. The summed E-state index contributed by atoms with van der Waals surface area (Å²) in [5, 5.41) is 4.12. The van der Waals surface area contributed by atoms with Crippen molar-refractivity contribution in [3.63, 3.8) is 0 Å². The van der Waals surface area contributed by atoms with Crippen LogP contribution in [-0.2, 0) is 11.3 Å². The second-order valence-corrected chi connectivity index (χ2v) is 4.70.